The summed E-state index contributed by atoms with van der Waals surface area (Å²) in [6.45, 7) is 6.74. The van der Waals surface area contributed by atoms with Gasteiger partial charge in [0.15, 0.2) is 12.7 Å². The van der Waals surface area contributed by atoms with Gasteiger partial charge in [-0.05, 0) is 45.4 Å². The van der Waals surface area contributed by atoms with Crippen molar-refractivity contribution in [2.75, 3.05) is 11.9 Å². The number of fused-ring (bicyclic) bond motifs is 1. The second kappa shape index (κ2) is 8.81. The van der Waals surface area contributed by atoms with E-state index in [1.165, 1.54) is 19.1 Å². The van der Waals surface area contributed by atoms with Gasteiger partial charge in [0.25, 0.3) is 5.91 Å². The maximum absolute atomic E-state index is 12.3. The number of nitrogens with zero attached hydrogens (tertiary/aromatic N) is 2. The average Bonchev–Trinajstić information content (AvgIpc) is 3.14. The van der Waals surface area contributed by atoms with Gasteiger partial charge in [0.1, 0.15) is 17.2 Å². The van der Waals surface area contributed by atoms with E-state index in [2.05, 4.69) is 10.4 Å². The highest BCUT2D eigenvalue weighted by Crippen LogP contribution is 2.22. The number of hydrogen-bond donors (Lipinski definition) is 1. The fourth-order valence-electron chi connectivity index (χ4n) is 2.87. The lowest BCUT2D eigenvalue weighted by Gasteiger charge is -2.16. The predicted octanol–water partition coefficient (Wildman–Crippen LogP) is 2.83. The Kier molecular flexibility index (Phi) is 6.20. The van der Waals surface area contributed by atoms with Gasteiger partial charge in [0.2, 0.25) is 0 Å². The SMILES string of the molecule is Cc1cc(=O)oc2cc(OCC(=O)O[C@@H](C)C(=O)Nc3ccnn3C(C)C)ccc12. The minimum absolute atomic E-state index is 0.0664. The molecule has 3 aromatic rings. The third-order valence-corrected chi connectivity index (χ3v) is 4.37. The third-order valence-electron chi connectivity index (χ3n) is 4.37. The highest BCUT2D eigenvalue weighted by Gasteiger charge is 2.20. The number of anilines is 1. The zero-order valence-electron chi connectivity index (χ0n) is 17.2. The molecular formula is C21H23N3O6. The van der Waals surface area contributed by atoms with Crippen LogP contribution in [-0.4, -0.2) is 34.4 Å². The number of nitrogens with one attached hydrogen (secondary N) is 1. The number of carbonyl (C=O) groups excluding carboxylic acids is 2. The van der Waals surface area contributed by atoms with Crippen LogP contribution in [0.3, 0.4) is 0 Å². The summed E-state index contributed by atoms with van der Waals surface area (Å²) in [5.41, 5.74) is 0.682. The molecule has 9 heteroatoms. The van der Waals surface area contributed by atoms with Crippen molar-refractivity contribution in [2.45, 2.75) is 39.8 Å². The Morgan fingerprint density at radius 2 is 1.97 bits per heavy atom. The third kappa shape index (κ3) is 4.86. The van der Waals surface area contributed by atoms with Gasteiger partial charge in [0, 0.05) is 29.6 Å². The molecule has 0 aliphatic heterocycles. The monoisotopic (exact) mass is 413 g/mol. The molecule has 0 spiro atoms. The molecule has 2 heterocycles. The summed E-state index contributed by atoms with van der Waals surface area (Å²) in [5.74, 6) is -0.331. The molecule has 0 saturated heterocycles. The van der Waals surface area contributed by atoms with E-state index < -0.39 is 30.2 Å². The van der Waals surface area contributed by atoms with Gasteiger partial charge < -0.3 is 19.2 Å². The first kappa shape index (κ1) is 21.1. The Morgan fingerprint density at radius 3 is 2.70 bits per heavy atom. The zero-order chi connectivity index (χ0) is 21.8. The maximum Gasteiger partial charge on any atom is 0.344 e. The van der Waals surface area contributed by atoms with Crippen LogP contribution in [0.1, 0.15) is 32.4 Å². The smallest absolute Gasteiger partial charge is 0.344 e. The number of hydrogen-bond acceptors (Lipinski definition) is 7. The fourth-order valence-corrected chi connectivity index (χ4v) is 2.87. The molecule has 0 aliphatic rings. The molecule has 0 saturated carbocycles. The van der Waals surface area contributed by atoms with E-state index in [9.17, 15) is 14.4 Å². The van der Waals surface area contributed by atoms with Crippen LogP contribution in [0.5, 0.6) is 5.75 Å². The van der Waals surface area contributed by atoms with Crippen LogP contribution in [0.25, 0.3) is 11.0 Å². The van der Waals surface area contributed by atoms with Crippen molar-refractivity contribution < 1.29 is 23.5 Å². The molecule has 0 bridgehead atoms. The standard InChI is InChI=1S/C21H23N3O6/c1-12(2)24-18(7-8-22-24)23-21(27)14(4)29-20(26)11-28-15-5-6-16-13(3)9-19(25)30-17(16)10-15/h5-10,12,14H,11H2,1-4H3,(H,23,27)/t14-/m0/s1. The van der Waals surface area contributed by atoms with Gasteiger partial charge >= 0.3 is 11.6 Å². The Morgan fingerprint density at radius 1 is 1.20 bits per heavy atom. The van der Waals surface area contributed by atoms with E-state index in [1.807, 2.05) is 13.8 Å². The number of carbonyl (C=O) groups is 2. The minimum atomic E-state index is -1.02. The van der Waals surface area contributed by atoms with Crippen LogP contribution >= 0.6 is 0 Å². The minimum Gasteiger partial charge on any atom is -0.482 e. The molecule has 0 aliphatic carbocycles. The number of amides is 1. The van der Waals surface area contributed by atoms with Crippen LogP contribution in [0.2, 0.25) is 0 Å². The molecule has 3 rings (SSSR count). The highest BCUT2D eigenvalue weighted by atomic mass is 16.6. The van der Waals surface area contributed by atoms with Crippen LogP contribution in [0.4, 0.5) is 5.82 Å². The van der Waals surface area contributed by atoms with Gasteiger partial charge in [-0.25, -0.2) is 14.3 Å². The van der Waals surface area contributed by atoms with E-state index in [4.69, 9.17) is 13.9 Å². The van der Waals surface area contributed by atoms with Gasteiger partial charge in [-0.1, -0.05) is 0 Å². The van der Waals surface area contributed by atoms with Gasteiger partial charge in [-0.3, -0.25) is 4.79 Å². The topological polar surface area (TPSA) is 113 Å². The zero-order valence-corrected chi connectivity index (χ0v) is 17.2. The summed E-state index contributed by atoms with van der Waals surface area (Å²) >= 11 is 0. The molecule has 158 valence electrons. The van der Waals surface area contributed by atoms with E-state index in [1.54, 1.807) is 36.0 Å². The van der Waals surface area contributed by atoms with Crippen LogP contribution < -0.4 is 15.7 Å². The lowest BCUT2D eigenvalue weighted by molar-refractivity contribution is -0.155. The average molecular weight is 413 g/mol. The first-order valence-corrected chi connectivity index (χ1v) is 9.45. The van der Waals surface area contributed by atoms with Crippen molar-refractivity contribution in [1.29, 1.82) is 0 Å². The fraction of sp³-hybridized carbons (Fsp3) is 0.333. The van der Waals surface area contributed by atoms with Crippen LogP contribution in [0, 0.1) is 6.92 Å². The molecule has 2 aromatic heterocycles. The number of aryl methyl sites for hydroxylation is 1. The molecule has 0 fully saturated rings. The molecule has 30 heavy (non-hydrogen) atoms. The summed E-state index contributed by atoms with van der Waals surface area (Å²) in [6.07, 6.45) is 0.557. The number of benzene rings is 1. The molecular weight excluding hydrogens is 390 g/mol. The highest BCUT2D eigenvalue weighted by molar-refractivity contribution is 5.94. The normalized spacial score (nSPS) is 12.0. The van der Waals surface area contributed by atoms with Crippen molar-refractivity contribution in [2.24, 2.45) is 0 Å². The summed E-state index contributed by atoms with van der Waals surface area (Å²) in [4.78, 5) is 35.9. The lowest BCUT2D eigenvalue weighted by Crippen LogP contribution is -2.32. The van der Waals surface area contributed by atoms with E-state index in [-0.39, 0.29) is 6.04 Å². The van der Waals surface area contributed by atoms with Crippen molar-refractivity contribution in [3.63, 3.8) is 0 Å². The van der Waals surface area contributed by atoms with Gasteiger partial charge in [0.05, 0.1) is 6.20 Å². The first-order valence-electron chi connectivity index (χ1n) is 9.45. The number of ether oxygens (including phenoxy) is 2. The lowest BCUT2D eigenvalue weighted by atomic mass is 10.1. The summed E-state index contributed by atoms with van der Waals surface area (Å²) < 4.78 is 17.3. The summed E-state index contributed by atoms with van der Waals surface area (Å²) in [6, 6.07) is 8.06. The number of rotatable bonds is 7. The summed E-state index contributed by atoms with van der Waals surface area (Å²) in [7, 11) is 0. The number of esters is 1. The maximum atomic E-state index is 12.3. The van der Waals surface area contributed by atoms with Crippen molar-refractivity contribution >= 4 is 28.7 Å². The Labute approximate surface area is 172 Å². The second-order valence-corrected chi connectivity index (χ2v) is 7.07. The molecule has 0 radical (unpaired) electrons. The van der Waals surface area contributed by atoms with Crippen molar-refractivity contribution in [3.8, 4) is 5.75 Å². The quantitative estimate of drug-likeness (QED) is 0.468. The van der Waals surface area contributed by atoms with Crippen LogP contribution in [0.15, 0.2) is 45.7 Å². The molecule has 1 atom stereocenters. The second-order valence-electron chi connectivity index (χ2n) is 7.07. The Balaban J connectivity index is 1.56. The van der Waals surface area contributed by atoms with Crippen molar-refractivity contribution in [3.05, 3.63) is 52.5 Å². The van der Waals surface area contributed by atoms with Crippen LogP contribution in [-0.2, 0) is 14.3 Å². The molecule has 1 N–H and O–H groups in total. The van der Waals surface area contributed by atoms with E-state index in [0.717, 1.165) is 10.9 Å². The van der Waals surface area contributed by atoms with Gasteiger partial charge in [-0.15, -0.1) is 0 Å². The number of aromatic nitrogens is 2. The molecule has 0 unspecified atom stereocenters. The largest absolute Gasteiger partial charge is 0.482 e. The van der Waals surface area contributed by atoms with Gasteiger partial charge in [-0.2, -0.15) is 5.10 Å². The Hall–Kier alpha value is -3.62. The van der Waals surface area contributed by atoms with E-state index in [0.29, 0.717) is 17.2 Å². The summed E-state index contributed by atoms with van der Waals surface area (Å²) in [5, 5.41) is 7.59. The molecule has 1 aromatic carbocycles. The molecule has 1 amide bonds. The Bertz CT molecular complexity index is 1130. The molecule has 9 nitrogen and oxygen atoms in total. The first-order chi connectivity index (χ1) is 14.2. The van der Waals surface area contributed by atoms with Crippen molar-refractivity contribution in [1.82, 2.24) is 9.78 Å². The van der Waals surface area contributed by atoms with E-state index >= 15 is 0 Å². The predicted molar refractivity (Wildman–Crippen MR) is 110 cm³/mol.